The van der Waals surface area contributed by atoms with E-state index in [1.54, 1.807) is 24.4 Å². The first-order chi connectivity index (χ1) is 11.2. The number of rotatable bonds is 5. The Morgan fingerprint density at radius 3 is 2.52 bits per heavy atom. The third kappa shape index (κ3) is 3.13. The summed E-state index contributed by atoms with van der Waals surface area (Å²) in [7, 11) is 1.52. The molecule has 118 valence electrons. The van der Waals surface area contributed by atoms with Crippen LogP contribution < -0.4 is 9.47 Å². The zero-order valence-electron chi connectivity index (χ0n) is 13.0. The van der Waals surface area contributed by atoms with Crippen LogP contribution >= 0.6 is 0 Å². The van der Waals surface area contributed by atoms with E-state index in [2.05, 4.69) is 9.97 Å². The summed E-state index contributed by atoms with van der Waals surface area (Å²) in [5.41, 5.74) is 2.78. The summed E-state index contributed by atoms with van der Waals surface area (Å²) in [6, 6.07) is 13.0. The van der Waals surface area contributed by atoms with Crippen molar-refractivity contribution in [1.82, 2.24) is 9.97 Å². The van der Waals surface area contributed by atoms with Crippen LogP contribution in [0.25, 0.3) is 22.6 Å². The minimum atomic E-state index is 0.106. The van der Waals surface area contributed by atoms with E-state index in [-0.39, 0.29) is 5.75 Å². The molecule has 0 bridgehead atoms. The number of aromatic amines is 1. The van der Waals surface area contributed by atoms with Crippen LogP contribution in [0.5, 0.6) is 17.2 Å². The second kappa shape index (κ2) is 6.44. The Morgan fingerprint density at radius 1 is 1.09 bits per heavy atom. The van der Waals surface area contributed by atoms with E-state index in [1.807, 2.05) is 31.2 Å². The number of imidazole rings is 1. The van der Waals surface area contributed by atoms with Crippen molar-refractivity contribution >= 4 is 0 Å². The van der Waals surface area contributed by atoms with Gasteiger partial charge in [-0.15, -0.1) is 0 Å². The van der Waals surface area contributed by atoms with Crippen LogP contribution in [0, 0.1) is 0 Å². The molecular weight excluding hydrogens is 292 g/mol. The summed E-state index contributed by atoms with van der Waals surface area (Å²) in [6.45, 7) is 2.61. The number of hydrogen-bond donors (Lipinski definition) is 2. The average Bonchev–Trinajstić information content (AvgIpc) is 3.06. The molecule has 0 aliphatic heterocycles. The Kier molecular flexibility index (Phi) is 4.19. The standard InChI is InChI=1S/C18H18N2O3/c1-3-23-14-7-4-12(5-8-14)15-11-19-18(20-15)13-6-9-16(21)17(10-13)22-2/h4-11,21H,3H2,1-2H3,(H,19,20). The molecule has 1 heterocycles. The van der Waals surface area contributed by atoms with Gasteiger partial charge in [-0.25, -0.2) is 4.98 Å². The Labute approximate surface area is 134 Å². The molecule has 0 aliphatic rings. The van der Waals surface area contributed by atoms with Crippen molar-refractivity contribution in [2.24, 2.45) is 0 Å². The molecule has 3 aromatic rings. The van der Waals surface area contributed by atoms with Gasteiger partial charge in [-0.3, -0.25) is 0 Å². The van der Waals surface area contributed by atoms with Gasteiger partial charge in [0.05, 0.1) is 25.6 Å². The summed E-state index contributed by atoms with van der Waals surface area (Å²) in [5.74, 6) is 2.09. The van der Waals surface area contributed by atoms with E-state index in [1.165, 1.54) is 7.11 Å². The Morgan fingerprint density at radius 2 is 1.83 bits per heavy atom. The highest BCUT2D eigenvalue weighted by Gasteiger charge is 2.09. The number of benzene rings is 2. The summed E-state index contributed by atoms with van der Waals surface area (Å²) < 4.78 is 10.6. The lowest BCUT2D eigenvalue weighted by molar-refractivity contribution is 0.340. The van der Waals surface area contributed by atoms with Gasteiger partial charge in [-0.1, -0.05) is 0 Å². The number of hydrogen-bond acceptors (Lipinski definition) is 4. The van der Waals surface area contributed by atoms with Gasteiger partial charge < -0.3 is 19.6 Å². The van der Waals surface area contributed by atoms with Crippen LogP contribution in [0.3, 0.4) is 0 Å². The second-order valence-corrected chi connectivity index (χ2v) is 4.99. The lowest BCUT2D eigenvalue weighted by Gasteiger charge is -2.05. The van der Waals surface area contributed by atoms with Gasteiger partial charge in [0.25, 0.3) is 0 Å². The Balaban J connectivity index is 1.88. The van der Waals surface area contributed by atoms with E-state index in [0.29, 0.717) is 18.2 Å². The zero-order chi connectivity index (χ0) is 16.2. The SMILES string of the molecule is CCOc1ccc(-c2cnc(-c3ccc(O)c(OC)c3)[nH]2)cc1. The maximum atomic E-state index is 9.67. The first kappa shape index (κ1) is 15.0. The molecule has 0 saturated carbocycles. The number of nitrogens with zero attached hydrogens (tertiary/aromatic N) is 1. The lowest BCUT2D eigenvalue weighted by atomic mass is 10.1. The van der Waals surface area contributed by atoms with Gasteiger partial charge in [-0.2, -0.15) is 0 Å². The molecule has 0 spiro atoms. The average molecular weight is 310 g/mol. The number of aromatic hydroxyl groups is 1. The van der Waals surface area contributed by atoms with Crippen molar-refractivity contribution in [3.63, 3.8) is 0 Å². The van der Waals surface area contributed by atoms with Crippen molar-refractivity contribution < 1.29 is 14.6 Å². The largest absolute Gasteiger partial charge is 0.504 e. The van der Waals surface area contributed by atoms with E-state index in [4.69, 9.17) is 9.47 Å². The fraction of sp³-hybridized carbons (Fsp3) is 0.167. The molecule has 0 radical (unpaired) electrons. The molecule has 0 amide bonds. The number of H-pyrrole nitrogens is 1. The summed E-state index contributed by atoms with van der Waals surface area (Å²) >= 11 is 0. The highest BCUT2D eigenvalue weighted by atomic mass is 16.5. The minimum Gasteiger partial charge on any atom is -0.504 e. The van der Waals surface area contributed by atoms with Crippen molar-refractivity contribution in [3.05, 3.63) is 48.7 Å². The van der Waals surface area contributed by atoms with Gasteiger partial charge in [-0.05, 0) is 55.0 Å². The number of ether oxygens (including phenoxy) is 2. The molecule has 0 unspecified atom stereocenters. The number of phenols is 1. The molecular formula is C18H18N2O3. The molecule has 3 rings (SSSR count). The number of aromatic nitrogens is 2. The summed E-state index contributed by atoms with van der Waals surface area (Å²) in [6.07, 6.45) is 1.78. The smallest absolute Gasteiger partial charge is 0.161 e. The minimum absolute atomic E-state index is 0.106. The maximum absolute atomic E-state index is 9.67. The third-order valence-corrected chi connectivity index (χ3v) is 3.51. The van der Waals surface area contributed by atoms with Gasteiger partial charge >= 0.3 is 0 Å². The summed E-state index contributed by atoms with van der Waals surface area (Å²) in [5, 5.41) is 9.67. The fourth-order valence-electron chi connectivity index (χ4n) is 2.34. The highest BCUT2D eigenvalue weighted by molar-refractivity contribution is 5.66. The van der Waals surface area contributed by atoms with Crippen LogP contribution in [0.1, 0.15) is 6.92 Å². The fourth-order valence-corrected chi connectivity index (χ4v) is 2.34. The van der Waals surface area contributed by atoms with Gasteiger partial charge in [0.1, 0.15) is 11.6 Å². The quantitative estimate of drug-likeness (QED) is 0.751. The molecule has 2 aromatic carbocycles. The number of nitrogens with one attached hydrogen (secondary N) is 1. The molecule has 5 heteroatoms. The third-order valence-electron chi connectivity index (χ3n) is 3.51. The molecule has 0 fully saturated rings. The topological polar surface area (TPSA) is 67.4 Å². The van der Waals surface area contributed by atoms with E-state index in [9.17, 15) is 5.11 Å². The summed E-state index contributed by atoms with van der Waals surface area (Å²) in [4.78, 5) is 7.68. The van der Waals surface area contributed by atoms with Crippen LogP contribution in [0.4, 0.5) is 0 Å². The van der Waals surface area contributed by atoms with Crippen LogP contribution in [0.15, 0.2) is 48.7 Å². The Hall–Kier alpha value is -2.95. The van der Waals surface area contributed by atoms with E-state index < -0.39 is 0 Å². The first-order valence-electron chi connectivity index (χ1n) is 7.37. The molecule has 2 N–H and O–H groups in total. The second-order valence-electron chi connectivity index (χ2n) is 4.99. The molecule has 0 aliphatic carbocycles. The Bertz CT molecular complexity index is 794. The van der Waals surface area contributed by atoms with E-state index >= 15 is 0 Å². The number of methoxy groups -OCH3 is 1. The zero-order valence-corrected chi connectivity index (χ0v) is 13.0. The molecule has 0 saturated heterocycles. The van der Waals surface area contributed by atoms with Crippen molar-refractivity contribution in [2.45, 2.75) is 6.92 Å². The monoisotopic (exact) mass is 310 g/mol. The van der Waals surface area contributed by atoms with Crippen LogP contribution in [0.2, 0.25) is 0 Å². The lowest BCUT2D eigenvalue weighted by Crippen LogP contribution is -1.90. The first-order valence-corrected chi connectivity index (χ1v) is 7.37. The maximum Gasteiger partial charge on any atom is 0.161 e. The van der Waals surface area contributed by atoms with Crippen LogP contribution in [-0.2, 0) is 0 Å². The van der Waals surface area contributed by atoms with Gasteiger partial charge in [0.15, 0.2) is 11.5 Å². The molecule has 1 aromatic heterocycles. The predicted octanol–water partition coefficient (Wildman–Crippen LogP) is 3.86. The molecule has 0 atom stereocenters. The van der Waals surface area contributed by atoms with Crippen molar-refractivity contribution in [2.75, 3.05) is 13.7 Å². The van der Waals surface area contributed by atoms with Gasteiger partial charge in [0.2, 0.25) is 0 Å². The highest BCUT2D eigenvalue weighted by Crippen LogP contribution is 2.31. The predicted molar refractivity (Wildman–Crippen MR) is 88.8 cm³/mol. The van der Waals surface area contributed by atoms with Crippen molar-refractivity contribution in [3.8, 4) is 39.9 Å². The van der Waals surface area contributed by atoms with Gasteiger partial charge in [0, 0.05) is 5.56 Å². The van der Waals surface area contributed by atoms with Crippen LogP contribution in [-0.4, -0.2) is 28.8 Å². The molecule has 5 nitrogen and oxygen atoms in total. The normalized spacial score (nSPS) is 10.5. The number of phenolic OH excluding ortho intramolecular Hbond substituents is 1. The van der Waals surface area contributed by atoms with Crippen molar-refractivity contribution in [1.29, 1.82) is 0 Å². The van der Waals surface area contributed by atoms with E-state index in [0.717, 1.165) is 22.6 Å². The molecule has 23 heavy (non-hydrogen) atoms.